The lowest BCUT2D eigenvalue weighted by Crippen LogP contribution is -2.40. The number of nitrogens with zero attached hydrogens (tertiary/aromatic N) is 1. The fourth-order valence-electron chi connectivity index (χ4n) is 3.33. The van der Waals surface area contributed by atoms with Crippen LogP contribution in [-0.2, 0) is 0 Å². The summed E-state index contributed by atoms with van der Waals surface area (Å²) in [7, 11) is 0. The van der Waals surface area contributed by atoms with Crippen LogP contribution in [0.5, 0.6) is 0 Å². The lowest BCUT2D eigenvalue weighted by molar-refractivity contribution is 0.259. The quantitative estimate of drug-likeness (QED) is 0.899. The Bertz CT molecular complexity index is 381. The molecule has 1 N–H and O–H groups in total. The van der Waals surface area contributed by atoms with Gasteiger partial charge in [-0.25, -0.2) is 0 Å². The van der Waals surface area contributed by atoms with E-state index >= 15 is 0 Å². The Labute approximate surface area is 114 Å². The third-order valence-electron chi connectivity index (χ3n) is 4.39. The summed E-state index contributed by atoms with van der Waals surface area (Å²) in [4.78, 5) is 2.71. The summed E-state index contributed by atoms with van der Waals surface area (Å²) in [5.74, 6) is 0.745. The van der Waals surface area contributed by atoms with Crippen LogP contribution in [0.3, 0.4) is 0 Å². The first-order chi connectivity index (χ1) is 8.88. The zero-order valence-electron chi connectivity index (χ0n) is 11.0. The zero-order valence-corrected chi connectivity index (χ0v) is 11.8. The van der Waals surface area contributed by atoms with Crippen molar-refractivity contribution in [3.8, 4) is 0 Å². The fourth-order valence-corrected chi connectivity index (χ4v) is 4.20. The van der Waals surface area contributed by atoms with Gasteiger partial charge in [0.2, 0.25) is 0 Å². The predicted octanol–water partition coefficient (Wildman–Crippen LogP) is 2.18. The van der Waals surface area contributed by atoms with Gasteiger partial charge >= 0.3 is 0 Å². The Morgan fingerprint density at radius 3 is 2.83 bits per heavy atom. The van der Waals surface area contributed by atoms with Gasteiger partial charge in [-0.3, -0.25) is 4.90 Å². The monoisotopic (exact) mass is 262 g/mol. The van der Waals surface area contributed by atoms with Gasteiger partial charge in [0.05, 0.1) is 0 Å². The van der Waals surface area contributed by atoms with E-state index in [4.69, 9.17) is 0 Å². The van der Waals surface area contributed by atoms with Crippen LogP contribution in [0.15, 0.2) is 30.3 Å². The van der Waals surface area contributed by atoms with Gasteiger partial charge in [0, 0.05) is 30.9 Å². The average molecular weight is 262 g/mol. The van der Waals surface area contributed by atoms with Gasteiger partial charge in [0.1, 0.15) is 0 Å². The molecule has 3 atom stereocenters. The molecule has 2 saturated heterocycles. The van der Waals surface area contributed by atoms with Crippen LogP contribution in [0.25, 0.3) is 0 Å². The third kappa shape index (κ3) is 2.44. The Morgan fingerprint density at radius 1 is 1.22 bits per heavy atom. The first-order valence-corrected chi connectivity index (χ1v) is 8.20. The molecule has 3 unspecified atom stereocenters. The molecule has 0 aliphatic carbocycles. The minimum atomic E-state index is 0.744. The molecule has 1 aromatic rings. The first kappa shape index (κ1) is 12.5. The molecule has 2 fully saturated rings. The van der Waals surface area contributed by atoms with E-state index in [9.17, 15) is 0 Å². The summed E-state index contributed by atoms with van der Waals surface area (Å²) in [6.45, 7) is 4.86. The molecule has 3 rings (SSSR count). The number of rotatable bonds is 3. The van der Waals surface area contributed by atoms with Gasteiger partial charge in [-0.2, -0.15) is 11.8 Å². The molecule has 98 valence electrons. The summed E-state index contributed by atoms with van der Waals surface area (Å²) in [6.07, 6.45) is 3.57. The maximum atomic E-state index is 3.54. The van der Waals surface area contributed by atoms with Gasteiger partial charge in [-0.05, 0) is 30.7 Å². The minimum Gasteiger partial charge on any atom is -0.314 e. The lowest BCUT2D eigenvalue weighted by atomic mass is 9.99. The zero-order chi connectivity index (χ0) is 12.4. The standard InChI is InChI=1S/C15H22N2S/c1-18-15-10-16-9-14(15)17-8-7-13(11-17)12-5-3-2-4-6-12/h2-6,13-16H,7-11H2,1H3. The second-order valence-electron chi connectivity index (χ2n) is 5.39. The largest absolute Gasteiger partial charge is 0.314 e. The van der Waals surface area contributed by atoms with Crippen molar-refractivity contribution in [1.82, 2.24) is 10.2 Å². The molecule has 2 aliphatic rings. The highest BCUT2D eigenvalue weighted by molar-refractivity contribution is 7.99. The van der Waals surface area contributed by atoms with Crippen molar-refractivity contribution in [3.05, 3.63) is 35.9 Å². The maximum absolute atomic E-state index is 3.54. The molecule has 2 nitrogen and oxygen atoms in total. The van der Waals surface area contributed by atoms with Crippen LogP contribution in [0.1, 0.15) is 17.9 Å². The van der Waals surface area contributed by atoms with Crippen molar-refractivity contribution in [1.29, 1.82) is 0 Å². The summed E-state index contributed by atoms with van der Waals surface area (Å²) < 4.78 is 0. The van der Waals surface area contributed by atoms with Gasteiger partial charge in [-0.1, -0.05) is 30.3 Å². The molecular weight excluding hydrogens is 240 g/mol. The molecule has 1 aromatic carbocycles. The molecule has 2 aliphatic heterocycles. The van der Waals surface area contributed by atoms with Crippen LogP contribution < -0.4 is 5.32 Å². The van der Waals surface area contributed by atoms with E-state index in [1.165, 1.54) is 38.2 Å². The second-order valence-corrected chi connectivity index (χ2v) is 6.47. The first-order valence-electron chi connectivity index (χ1n) is 6.91. The number of thioether (sulfide) groups is 1. The Kier molecular flexibility index (Phi) is 3.92. The molecule has 0 amide bonds. The highest BCUT2D eigenvalue weighted by atomic mass is 32.2. The maximum Gasteiger partial charge on any atom is 0.0351 e. The van der Waals surface area contributed by atoms with Crippen LogP contribution in [0.2, 0.25) is 0 Å². The summed E-state index contributed by atoms with van der Waals surface area (Å²) in [5.41, 5.74) is 1.52. The second kappa shape index (κ2) is 5.64. The van der Waals surface area contributed by atoms with Crippen molar-refractivity contribution >= 4 is 11.8 Å². The van der Waals surface area contributed by atoms with Gasteiger partial charge < -0.3 is 5.32 Å². The van der Waals surface area contributed by atoms with Crippen molar-refractivity contribution in [2.24, 2.45) is 0 Å². The van der Waals surface area contributed by atoms with Crippen LogP contribution >= 0.6 is 11.8 Å². The van der Waals surface area contributed by atoms with Crippen molar-refractivity contribution in [2.75, 3.05) is 32.4 Å². The van der Waals surface area contributed by atoms with Gasteiger partial charge in [0.15, 0.2) is 0 Å². The molecule has 0 radical (unpaired) electrons. The van der Waals surface area contributed by atoms with E-state index in [0.717, 1.165) is 17.2 Å². The topological polar surface area (TPSA) is 15.3 Å². The Morgan fingerprint density at radius 2 is 2.06 bits per heavy atom. The third-order valence-corrected chi connectivity index (χ3v) is 5.48. The summed E-state index contributed by atoms with van der Waals surface area (Å²) in [6, 6.07) is 11.8. The number of hydrogen-bond acceptors (Lipinski definition) is 3. The van der Waals surface area contributed by atoms with E-state index < -0.39 is 0 Å². The molecule has 0 bridgehead atoms. The van der Waals surface area contributed by atoms with Gasteiger partial charge in [0.25, 0.3) is 0 Å². The molecule has 2 heterocycles. The van der Waals surface area contributed by atoms with E-state index in [0.29, 0.717) is 0 Å². The number of hydrogen-bond donors (Lipinski definition) is 1. The molecular formula is C15H22N2S. The summed E-state index contributed by atoms with van der Waals surface area (Å²) >= 11 is 2.02. The fraction of sp³-hybridized carbons (Fsp3) is 0.600. The Hall–Kier alpha value is -0.510. The number of likely N-dealkylation sites (tertiary alicyclic amines) is 1. The van der Waals surface area contributed by atoms with Crippen LogP contribution in [0.4, 0.5) is 0 Å². The molecule has 0 aromatic heterocycles. The normalized spacial score (nSPS) is 33.1. The Balaban J connectivity index is 1.65. The molecule has 0 spiro atoms. The highest BCUT2D eigenvalue weighted by Gasteiger charge is 2.35. The SMILES string of the molecule is CSC1CNCC1N1CCC(c2ccccc2)C1. The number of nitrogens with one attached hydrogen (secondary N) is 1. The molecule has 3 heteroatoms. The van der Waals surface area contributed by atoms with E-state index in [1.54, 1.807) is 0 Å². The number of benzene rings is 1. The molecule has 0 saturated carbocycles. The van der Waals surface area contributed by atoms with Crippen LogP contribution in [0, 0.1) is 0 Å². The van der Waals surface area contributed by atoms with Gasteiger partial charge in [-0.15, -0.1) is 0 Å². The van der Waals surface area contributed by atoms with Crippen molar-refractivity contribution < 1.29 is 0 Å². The highest BCUT2D eigenvalue weighted by Crippen LogP contribution is 2.31. The predicted molar refractivity (Wildman–Crippen MR) is 79.3 cm³/mol. The smallest absolute Gasteiger partial charge is 0.0351 e. The van der Waals surface area contributed by atoms with E-state index in [2.05, 4.69) is 46.8 Å². The van der Waals surface area contributed by atoms with Crippen molar-refractivity contribution in [2.45, 2.75) is 23.6 Å². The minimum absolute atomic E-state index is 0.744. The molecule has 18 heavy (non-hydrogen) atoms. The average Bonchev–Trinajstić information content (AvgIpc) is 3.08. The van der Waals surface area contributed by atoms with E-state index in [-0.39, 0.29) is 0 Å². The lowest BCUT2D eigenvalue weighted by Gasteiger charge is -2.27. The van der Waals surface area contributed by atoms with Crippen molar-refractivity contribution in [3.63, 3.8) is 0 Å². The summed E-state index contributed by atoms with van der Waals surface area (Å²) in [5, 5.41) is 4.32. The van der Waals surface area contributed by atoms with E-state index in [1.807, 2.05) is 11.8 Å². The van der Waals surface area contributed by atoms with Crippen LogP contribution in [-0.4, -0.2) is 48.6 Å².